The molecule has 4 radical (unpaired) electrons. The monoisotopic (exact) mass is 473 g/mol. The Kier molecular flexibility index (Phi) is 6.84. The summed E-state index contributed by atoms with van der Waals surface area (Å²) >= 11 is 0. The maximum Gasteiger partial charge on any atom is 0.329 e. The van der Waals surface area contributed by atoms with Crippen LogP contribution in [0.15, 0.2) is 101 Å². The van der Waals surface area contributed by atoms with Gasteiger partial charge in [-0.05, 0) is 36.4 Å². The SMILES string of the molecule is COC(=O)C1=C(C(=O)OC)[Si]C([P+](c2ccccc2)(c2ccccc2)c2ccccc2)[Si]1. The van der Waals surface area contributed by atoms with Crippen molar-refractivity contribution in [2.45, 2.75) is 4.91 Å². The Hall–Kier alpha value is -2.80. The van der Waals surface area contributed by atoms with Gasteiger partial charge < -0.3 is 9.47 Å². The predicted octanol–water partition coefficient (Wildman–Crippen LogP) is 2.24. The van der Waals surface area contributed by atoms with E-state index in [1.54, 1.807) is 0 Å². The lowest BCUT2D eigenvalue weighted by atomic mass is 10.4. The van der Waals surface area contributed by atoms with Gasteiger partial charge >= 0.3 is 11.9 Å². The van der Waals surface area contributed by atoms with E-state index in [9.17, 15) is 9.59 Å². The van der Waals surface area contributed by atoms with E-state index in [2.05, 4.69) is 72.8 Å². The summed E-state index contributed by atoms with van der Waals surface area (Å²) in [5.74, 6) is -0.878. The molecule has 0 aliphatic carbocycles. The van der Waals surface area contributed by atoms with Gasteiger partial charge in [-0.2, -0.15) is 0 Å². The van der Waals surface area contributed by atoms with Gasteiger partial charge in [0.05, 0.1) is 19.1 Å². The van der Waals surface area contributed by atoms with Gasteiger partial charge in [0, 0.05) is 10.4 Å². The topological polar surface area (TPSA) is 52.6 Å². The zero-order chi connectivity index (χ0) is 22.6. The second-order valence-corrected chi connectivity index (χ2v) is 14.9. The minimum Gasteiger partial charge on any atom is -0.466 e. The van der Waals surface area contributed by atoms with Crippen LogP contribution < -0.4 is 15.9 Å². The Morgan fingerprint density at radius 1 is 0.625 bits per heavy atom. The number of hydrogen-bond donors (Lipinski definition) is 0. The highest BCUT2D eigenvalue weighted by Crippen LogP contribution is 2.60. The average Bonchev–Trinajstić information content (AvgIpc) is 3.31. The van der Waals surface area contributed by atoms with Crippen molar-refractivity contribution in [3.05, 3.63) is 101 Å². The van der Waals surface area contributed by atoms with E-state index in [0.29, 0.717) is 10.4 Å². The molecule has 0 aromatic heterocycles. The van der Waals surface area contributed by atoms with E-state index in [1.165, 1.54) is 30.1 Å². The van der Waals surface area contributed by atoms with Crippen molar-refractivity contribution >= 4 is 54.2 Å². The van der Waals surface area contributed by atoms with E-state index < -0.39 is 19.2 Å². The first-order valence-corrected chi connectivity index (χ1v) is 14.1. The van der Waals surface area contributed by atoms with E-state index in [1.807, 2.05) is 18.2 Å². The highest BCUT2D eigenvalue weighted by atomic mass is 31.2. The summed E-state index contributed by atoms with van der Waals surface area (Å²) in [6.45, 7) is 0. The summed E-state index contributed by atoms with van der Waals surface area (Å²) in [6, 6.07) is 31.5. The summed E-state index contributed by atoms with van der Waals surface area (Å²) < 4.78 is 10.1. The van der Waals surface area contributed by atoms with E-state index in [-0.39, 0.29) is 23.9 Å². The normalized spacial score (nSPS) is 14.3. The van der Waals surface area contributed by atoms with Gasteiger partial charge in [-0.3, -0.25) is 0 Å². The summed E-state index contributed by atoms with van der Waals surface area (Å²) in [5.41, 5.74) is 0. The number of rotatable bonds is 6. The minimum absolute atomic E-state index is 0.0814. The van der Waals surface area contributed by atoms with Crippen LogP contribution in [0.1, 0.15) is 0 Å². The Morgan fingerprint density at radius 3 is 1.22 bits per heavy atom. The molecule has 0 atom stereocenters. The highest BCUT2D eigenvalue weighted by Gasteiger charge is 2.56. The van der Waals surface area contributed by atoms with Crippen molar-refractivity contribution in [3.63, 3.8) is 0 Å². The molecule has 0 saturated heterocycles. The number of carbonyl (C=O) groups excluding carboxylic acids is 2. The van der Waals surface area contributed by atoms with Crippen LogP contribution in [-0.4, -0.2) is 50.1 Å². The average molecular weight is 474 g/mol. The molecular weight excluding hydrogens is 451 g/mol. The second kappa shape index (κ2) is 9.78. The fourth-order valence-electron chi connectivity index (χ4n) is 4.06. The van der Waals surface area contributed by atoms with Gasteiger partial charge in [0.2, 0.25) is 0 Å². The summed E-state index contributed by atoms with van der Waals surface area (Å²) in [6.07, 6.45) is 0. The van der Waals surface area contributed by atoms with Gasteiger partial charge in [0.25, 0.3) is 0 Å². The van der Waals surface area contributed by atoms with Crippen molar-refractivity contribution in [1.82, 2.24) is 0 Å². The molecule has 0 fully saturated rings. The first-order valence-electron chi connectivity index (χ1n) is 10.1. The standard InChI is InChI=1S/C25H22O4PSi2/c1-28-23(26)21-22(24(27)29-2)32-25(31-21)30(18-12-6-3-7-13-18,19-14-8-4-9-15-19)20-16-10-5-11-17-20/h3-17,25H,1-2H3/q+1. The molecule has 0 N–H and O–H groups in total. The predicted molar refractivity (Wildman–Crippen MR) is 132 cm³/mol. The van der Waals surface area contributed by atoms with Crippen LogP contribution in [0, 0.1) is 0 Å². The van der Waals surface area contributed by atoms with E-state index in [0.717, 1.165) is 0 Å². The quantitative estimate of drug-likeness (QED) is 0.313. The van der Waals surface area contributed by atoms with Crippen molar-refractivity contribution in [1.29, 1.82) is 0 Å². The number of hydrogen-bond acceptors (Lipinski definition) is 4. The van der Waals surface area contributed by atoms with Crippen LogP contribution in [0.5, 0.6) is 0 Å². The highest BCUT2D eigenvalue weighted by molar-refractivity contribution is 7.98. The Labute approximate surface area is 193 Å². The van der Waals surface area contributed by atoms with Gasteiger partial charge in [-0.25, -0.2) is 9.59 Å². The van der Waals surface area contributed by atoms with Gasteiger partial charge in [0.15, 0.2) is 0 Å². The van der Waals surface area contributed by atoms with E-state index in [4.69, 9.17) is 9.47 Å². The molecule has 0 unspecified atom stereocenters. The molecule has 7 heteroatoms. The number of carbonyl (C=O) groups is 2. The molecule has 0 saturated carbocycles. The first-order chi connectivity index (χ1) is 15.6. The second-order valence-electron chi connectivity index (χ2n) is 7.15. The Bertz CT molecular complexity index is 1010. The van der Waals surface area contributed by atoms with E-state index >= 15 is 0 Å². The smallest absolute Gasteiger partial charge is 0.329 e. The number of methoxy groups -OCH3 is 2. The van der Waals surface area contributed by atoms with Crippen molar-refractivity contribution < 1.29 is 19.1 Å². The molecule has 4 rings (SSSR count). The minimum atomic E-state index is -2.21. The fourth-order valence-corrected chi connectivity index (χ4v) is 15.8. The summed E-state index contributed by atoms with van der Waals surface area (Å²) in [4.78, 5) is 25.4. The molecule has 32 heavy (non-hydrogen) atoms. The van der Waals surface area contributed by atoms with Crippen LogP contribution in [0.3, 0.4) is 0 Å². The number of esters is 2. The van der Waals surface area contributed by atoms with Crippen LogP contribution in [-0.2, 0) is 19.1 Å². The lowest BCUT2D eigenvalue weighted by Crippen LogP contribution is -2.43. The van der Waals surface area contributed by atoms with Gasteiger partial charge in [-0.15, -0.1) is 0 Å². The molecule has 0 amide bonds. The van der Waals surface area contributed by atoms with Gasteiger partial charge in [0.1, 0.15) is 42.2 Å². The molecular formula is C25H22O4PSi2+. The molecule has 0 bridgehead atoms. The van der Waals surface area contributed by atoms with Crippen molar-refractivity contribution in [2.24, 2.45) is 0 Å². The lowest BCUT2D eigenvalue weighted by Gasteiger charge is -2.32. The zero-order valence-corrected chi connectivity index (χ0v) is 20.7. The maximum absolute atomic E-state index is 12.7. The third kappa shape index (κ3) is 3.90. The number of ether oxygens (including phenoxy) is 2. The fraction of sp³-hybridized carbons (Fsp3) is 0.120. The first kappa shape index (κ1) is 22.4. The van der Waals surface area contributed by atoms with Crippen LogP contribution >= 0.6 is 7.26 Å². The van der Waals surface area contributed by atoms with Gasteiger partial charge in [-0.1, -0.05) is 54.6 Å². The van der Waals surface area contributed by atoms with Crippen LogP contribution in [0.2, 0.25) is 0 Å². The Morgan fingerprint density at radius 2 is 0.938 bits per heavy atom. The molecule has 0 spiro atoms. The van der Waals surface area contributed by atoms with Crippen LogP contribution in [0.25, 0.3) is 0 Å². The van der Waals surface area contributed by atoms with Crippen LogP contribution in [0.4, 0.5) is 0 Å². The Balaban J connectivity index is 1.97. The molecule has 1 aliphatic heterocycles. The third-order valence-electron chi connectivity index (χ3n) is 5.47. The van der Waals surface area contributed by atoms with Crippen molar-refractivity contribution in [2.75, 3.05) is 14.2 Å². The number of benzene rings is 3. The maximum atomic E-state index is 12.7. The lowest BCUT2D eigenvalue weighted by molar-refractivity contribution is -0.138. The third-order valence-corrected chi connectivity index (χ3v) is 15.8. The summed E-state index contributed by atoms with van der Waals surface area (Å²) in [7, 11) is 0.808. The summed E-state index contributed by atoms with van der Waals surface area (Å²) in [5, 5.41) is 4.64. The molecule has 1 heterocycles. The zero-order valence-electron chi connectivity index (χ0n) is 17.8. The van der Waals surface area contributed by atoms with Crippen molar-refractivity contribution in [3.8, 4) is 0 Å². The molecule has 158 valence electrons. The molecule has 3 aromatic rings. The largest absolute Gasteiger partial charge is 0.466 e. The molecule has 4 nitrogen and oxygen atoms in total. The molecule has 1 aliphatic rings. The molecule has 3 aromatic carbocycles.